The molecule has 0 amide bonds. The molecule has 1 N–H and O–H groups in total. The molecule has 1 saturated carbocycles. The fraction of sp³-hybridized carbons (Fsp3) is 0.615. The zero-order chi connectivity index (χ0) is 11.5. The second-order valence-electron chi connectivity index (χ2n) is 4.79. The van der Waals surface area contributed by atoms with Crippen molar-refractivity contribution in [2.75, 3.05) is 18.5 Å². The summed E-state index contributed by atoms with van der Waals surface area (Å²) in [7, 11) is 2.10. The van der Waals surface area contributed by atoms with Crippen molar-refractivity contribution in [2.24, 2.45) is 5.92 Å². The van der Waals surface area contributed by atoms with E-state index in [9.17, 15) is 5.11 Å². The third-order valence-electron chi connectivity index (χ3n) is 3.44. The van der Waals surface area contributed by atoms with E-state index in [4.69, 9.17) is 0 Å². The number of anilines is 1. The SMILES string of the molecule is Cc1cc(N(C)CC2CCC2)c(CO)cn1. The van der Waals surface area contributed by atoms with Gasteiger partial charge in [0.15, 0.2) is 0 Å². The van der Waals surface area contributed by atoms with Crippen LogP contribution in [0.5, 0.6) is 0 Å². The molecule has 3 heteroatoms. The molecule has 88 valence electrons. The Morgan fingerprint density at radius 1 is 1.50 bits per heavy atom. The number of aryl methyl sites for hydroxylation is 1. The van der Waals surface area contributed by atoms with Gasteiger partial charge in [-0.3, -0.25) is 4.98 Å². The van der Waals surface area contributed by atoms with Gasteiger partial charge in [0.05, 0.1) is 6.61 Å². The summed E-state index contributed by atoms with van der Waals surface area (Å²) >= 11 is 0. The third kappa shape index (κ3) is 2.35. The van der Waals surface area contributed by atoms with Crippen LogP contribution < -0.4 is 4.90 Å². The number of aromatic nitrogens is 1. The van der Waals surface area contributed by atoms with Gasteiger partial charge in [-0.2, -0.15) is 0 Å². The number of hydrogen-bond acceptors (Lipinski definition) is 3. The summed E-state index contributed by atoms with van der Waals surface area (Å²) in [4.78, 5) is 6.47. The summed E-state index contributed by atoms with van der Waals surface area (Å²) in [5.41, 5.74) is 3.06. The fourth-order valence-electron chi connectivity index (χ4n) is 2.21. The van der Waals surface area contributed by atoms with Crippen LogP contribution in [0.25, 0.3) is 0 Å². The Kier molecular flexibility index (Phi) is 3.44. The summed E-state index contributed by atoms with van der Waals surface area (Å²) < 4.78 is 0. The van der Waals surface area contributed by atoms with Crippen molar-refractivity contribution < 1.29 is 5.11 Å². The molecule has 2 rings (SSSR count). The normalized spacial score (nSPS) is 15.9. The summed E-state index contributed by atoms with van der Waals surface area (Å²) in [6.07, 6.45) is 5.86. The van der Waals surface area contributed by atoms with Crippen LogP contribution >= 0.6 is 0 Å². The molecule has 0 bridgehead atoms. The van der Waals surface area contributed by atoms with Crippen molar-refractivity contribution in [3.63, 3.8) is 0 Å². The Labute approximate surface area is 97.1 Å². The maximum absolute atomic E-state index is 9.30. The molecule has 0 atom stereocenters. The van der Waals surface area contributed by atoms with E-state index in [-0.39, 0.29) is 6.61 Å². The van der Waals surface area contributed by atoms with E-state index < -0.39 is 0 Å². The first-order chi connectivity index (χ1) is 7.70. The molecule has 1 aliphatic rings. The predicted octanol–water partition coefficient (Wildman–Crippen LogP) is 2.12. The van der Waals surface area contributed by atoms with E-state index in [1.807, 2.05) is 6.92 Å². The lowest BCUT2D eigenvalue weighted by atomic mass is 9.85. The first-order valence-corrected chi connectivity index (χ1v) is 5.98. The van der Waals surface area contributed by atoms with Crippen LogP contribution in [-0.4, -0.2) is 23.7 Å². The smallest absolute Gasteiger partial charge is 0.0717 e. The largest absolute Gasteiger partial charge is 0.392 e. The van der Waals surface area contributed by atoms with Crippen molar-refractivity contribution >= 4 is 5.69 Å². The minimum Gasteiger partial charge on any atom is -0.392 e. The highest BCUT2D eigenvalue weighted by atomic mass is 16.3. The molecule has 1 aliphatic carbocycles. The number of pyridine rings is 1. The van der Waals surface area contributed by atoms with Gasteiger partial charge in [0.2, 0.25) is 0 Å². The summed E-state index contributed by atoms with van der Waals surface area (Å²) in [6.45, 7) is 3.15. The highest BCUT2D eigenvalue weighted by molar-refractivity contribution is 5.52. The van der Waals surface area contributed by atoms with Gasteiger partial charge >= 0.3 is 0 Å². The molecule has 1 fully saturated rings. The molecule has 1 aromatic rings. The quantitative estimate of drug-likeness (QED) is 0.844. The Morgan fingerprint density at radius 2 is 2.25 bits per heavy atom. The molecule has 0 unspecified atom stereocenters. The Balaban J connectivity index is 2.13. The van der Waals surface area contributed by atoms with Gasteiger partial charge in [0, 0.05) is 36.7 Å². The van der Waals surface area contributed by atoms with Crippen molar-refractivity contribution in [1.29, 1.82) is 0 Å². The summed E-state index contributed by atoms with van der Waals surface area (Å²) in [6, 6.07) is 2.06. The molecule has 0 aliphatic heterocycles. The van der Waals surface area contributed by atoms with Crippen LogP contribution in [0.3, 0.4) is 0 Å². The maximum Gasteiger partial charge on any atom is 0.0717 e. The van der Waals surface area contributed by atoms with Crippen LogP contribution in [0.1, 0.15) is 30.5 Å². The lowest BCUT2D eigenvalue weighted by Gasteiger charge is -2.32. The van der Waals surface area contributed by atoms with Crippen LogP contribution in [0, 0.1) is 12.8 Å². The Hall–Kier alpha value is -1.09. The van der Waals surface area contributed by atoms with E-state index in [2.05, 4.69) is 23.0 Å². The average molecular weight is 220 g/mol. The van der Waals surface area contributed by atoms with E-state index in [0.717, 1.165) is 29.4 Å². The first kappa shape index (κ1) is 11.4. The average Bonchev–Trinajstić information content (AvgIpc) is 2.23. The number of nitrogens with zero attached hydrogens (tertiary/aromatic N) is 2. The predicted molar refractivity (Wildman–Crippen MR) is 65.5 cm³/mol. The van der Waals surface area contributed by atoms with Crippen LogP contribution in [0.4, 0.5) is 5.69 Å². The Morgan fingerprint density at radius 3 is 2.81 bits per heavy atom. The molecule has 3 nitrogen and oxygen atoms in total. The summed E-state index contributed by atoms with van der Waals surface area (Å²) in [5, 5.41) is 9.30. The van der Waals surface area contributed by atoms with Gasteiger partial charge in [0.1, 0.15) is 0 Å². The molecule has 0 aromatic carbocycles. The molecular formula is C13H20N2O. The van der Waals surface area contributed by atoms with Gasteiger partial charge in [-0.1, -0.05) is 6.42 Å². The standard InChI is InChI=1S/C13H20N2O/c1-10-6-13(12(9-16)7-14-10)15(2)8-11-4-3-5-11/h6-7,11,16H,3-5,8-9H2,1-2H3. The lowest BCUT2D eigenvalue weighted by Crippen LogP contribution is -2.30. The minimum atomic E-state index is 0.0671. The van der Waals surface area contributed by atoms with E-state index in [1.165, 1.54) is 19.3 Å². The van der Waals surface area contributed by atoms with Gasteiger partial charge in [-0.05, 0) is 31.7 Å². The molecular weight excluding hydrogens is 200 g/mol. The zero-order valence-electron chi connectivity index (χ0n) is 10.1. The van der Waals surface area contributed by atoms with Gasteiger partial charge in [-0.15, -0.1) is 0 Å². The van der Waals surface area contributed by atoms with Gasteiger partial charge in [-0.25, -0.2) is 0 Å². The maximum atomic E-state index is 9.30. The molecule has 1 heterocycles. The topological polar surface area (TPSA) is 36.4 Å². The zero-order valence-corrected chi connectivity index (χ0v) is 10.1. The van der Waals surface area contributed by atoms with Crippen LogP contribution in [-0.2, 0) is 6.61 Å². The van der Waals surface area contributed by atoms with Crippen LogP contribution in [0.15, 0.2) is 12.3 Å². The minimum absolute atomic E-state index is 0.0671. The number of hydrogen-bond donors (Lipinski definition) is 1. The van der Waals surface area contributed by atoms with Crippen molar-refractivity contribution in [3.8, 4) is 0 Å². The number of aliphatic hydroxyl groups excluding tert-OH is 1. The summed E-state index contributed by atoms with van der Waals surface area (Å²) in [5.74, 6) is 0.838. The van der Waals surface area contributed by atoms with Crippen molar-refractivity contribution in [2.45, 2.75) is 32.8 Å². The van der Waals surface area contributed by atoms with Crippen LogP contribution in [0.2, 0.25) is 0 Å². The van der Waals surface area contributed by atoms with E-state index in [1.54, 1.807) is 6.20 Å². The molecule has 0 radical (unpaired) electrons. The highest BCUT2D eigenvalue weighted by Crippen LogP contribution is 2.29. The molecule has 16 heavy (non-hydrogen) atoms. The van der Waals surface area contributed by atoms with E-state index >= 15 is 0 Å². The van der Waals surface area contributed by atoms with Crippen molar-refractivity contribution in [1.82, 2.24) is 4.98 Å². The second-order valence-corrected chi connectivity index (χ2v) is 4.79. The number of rotatable bonds is 4. The van der Waals surface area contributed by atoms with Gasteiger partial charge in [0.25, 0.3) is 0 Å². The lowest BCUT2D eigenvalue weighted by molar-refractivity contribution is 0.280. The van der Waals surface area contributed by atoms with Crippen molar-refractivity contribution in [3.05, 3.63) is 23.5 Å². The number of aliphatic hydroxyl groups is 1. The highest BCUT2D eigenvalue weighted by Gasteiger charge is 2.20. The molecule has 1 aromatic heterocycles. The van der Waals surface area contributed by atoms with E-state index in [0.29, 0.717) is 0 Å². The monoisotopic (exact) mass is 220 g/mol. The molecule has 0 spiro atoms. The van der Waals surface area contributed by atoms with Gasteiger partial charge < -0.3 is 10.0 Å². The molecule has 0 saturated heterocycles. The second kappa shape index (κ2) is 4.83. The fourth-order valence-corrected chi connectivity index (χ4v) is 2.21. The Bertz CT molecular complexity index is 361. The third-order valence-corrected chi connectivity index (χ3v) is 3.44. The first-order valence-electron chi connectivity index (χ1n) is 5.98.